The zero-order chi connectivity index (χ0) is 18.6. The molecule has 25 heavy (non-hydrogen) atoms. The lowest BCUT2D eigenvalue weighted by atomic mass is 9.97. The van der Waals surface area contributed by atoms with Crippen LogP contribution in [0.25, 0.3) is 0 Å². The summed E-state index contributed by atoms with van der Waals surface area (Å²) < 4.78 is 5.41. The second-order valence-corrected chi connectivity index (χ2v) is 6.93. The zero-order valence-corrected chi connectivity index (χ0v) is 15.8. The van der Waals surface area contributed by atoms with Gasteiger partial charge in [-0.2, -0.15) is 0 Å². The number of carbonyl (C=O) groups excluding carboxylic acids is 1. The lowest BCUT2D eigenvalue weighted by Gasteiger charge is -2.20. The van der Waals surface area contributed by atoms with Crippen LogP contribution in [0, 0.1) is 6.92 Å². The summed E-state index contributed by atoms with van der Waals surface area (Å²) in [4.78, 5) is 21.0. The highest BCUT2D eigenvalue weighted by atomic mass is 16.4. The van der Waals surface area contributed by atoms with Crippen LogP contribution >= 0.6 is 0 Å². The van der Waals surface area contributed by atoms with Crippen molar-refractivity contribution in [1.82, 2.24) is 15.6 Å². The molecule has 0 saturated heterocycles. The molecule has 1 heterocycles. The van der Waals surface area contributed by atoms with Gasteiger partial charge in [-0.3, -0.25) is 4.79 Å². The number of aliphatic imine (C=N–C) groups is 1. The van der Waals surface area contributed by atoms with Crippen molar-refractivity contribution >= 4 is 12.6 Å². The fraction of sp³-hybridized carbons (Fsp3) is 0.526. The van der Waals surface area contributed by atoms with Crippen molar-refractivity contribution in [2.24, 2.45) is 4.99 Å². The molecule has 0 unspecified atom stereocenters. The molecule has 136 valence electrons. The highest BCUT2D eigenvalue weighted by molar-refractivity contribution is 5.98. The number of nitrogens with zero attached hydrogens (tertiary/aromatic N) is 2. The van der Waals surface area contributed by atoms with Gasteiger partial charge in [0.2, 0.25) is 0 Å². The molecule has 0 atom stereocenters. The summed E-state index contributed by atoms with van der Waals surface area (Å²) in [5.74, 6) is 1.77. The Hall–Kier alpha value is -2.37. The topological polar surface area (TPSA) is 79.5 Å². The lowest BCUT2D eigenvalue weighted by Crippen LogP contribution is -2.30. The van der Waals surface area contributed by atoms with Gasteiger partial charge >= 0.3 is 0 Å². The standard InChI is InChI=1S/C19H28N4O2/c1-7-15(17(20-6)23-19(5)8-9-19)16(12(2)3)18(24)22-11-14-10-21-13(4)25-14/h10,23H,6-9,11H2,1-5H3,(H,22,24)/b17-15-. The molecular formula is C19H28N4O2. The minimum atomic E-state index is -0.144. The van der Waals surface area contributed by atoms with E-state index in [9.17, 15) is 4.79 Å². The Bertz CT molecular complexity index is 720. The molecule has 0 bridgehead atoms. The maximum Gasteiger partial charge on any atom is 0.252 e. The highest BCUT2D eigenvalue weighted by Gasteiger charge is 2.38. The monoisotopic (exact) mass is 344 g/mol. The van der Waals surface area contributed by atoms with Crippen molar-refractivity contribution in [1.29, 1.82) is 0 Å². The van der Waals surface area contributed by atoms with Crippen LogP contribution in [0.1, 0.15) is 58.6 Å². The van der Waals surface area contributed by atoms with Crippen LogP contribution in [-0.4, -0.2) is 23.1 Å². The van der Waals surface area contributed by atoms with Gasteiger partial charge in [-0.05, 0) is 46.8 Å². The van der Waals surface area contributed by atoms with Crippen molar-refractivity contribution in [2.75, 3.05) is 0 Å². The number of aromatic nitrogens is 1. The minimum absolute atomic E-state index is 0.0670. The van der Waals surface area contributed by atoms with Crippen LogP contribution in [0.5, 0.6) is 0 Å². The summed E-state index contributed by atoms with van der Waals surface area (Å²) in [6.07, 6.45) is 4.52. The van der Waals surface area contributed by atoms with Crippen molar-refractivity contribution in [3.05, 3.63) is 40.4 Å². The van der Waals surface area contributed by atoms with Gasteiger partial charge in [0.25, 0.3) is 5.91 Å². The molecule has 1 aliphatic rings. The second kappa shape index (κ2) is 7.68. The first-order valence-electron chi connectivity index (χ1n) is 8.65. The van der Waals surface area contributed by atoms with Crippen molar-refractivity contribution in [2.45, 2.75) is 66.0 Å². The summed E-state index contributed by atoms with van der Waals surface area (Å²) in [6.45, 7) is 13.8. The Morgan fingerprint density at radius 2 is 2.12 bits per heavy atom. The molecule has 0 aliphatic heterocycles. The average molecular weight is 344 g/mol. The van der Waals surface area contributed by atoms with Crippen LogP contribution < -0.4 is 10.6 Å². The van der Waals surface area contributed by atoms with Gasteiger partial charge in [0.1, 0.15) is 11.6 Å². The summed E-state index contributed by atoms with van der Waals surface area (Å²) in [7, 11) is 0. The van der Waals surface area contributed by atoms with Gasteiger partial charge in [0.05, 0.1) is 12.7 Å². The van der Waals surface area contributed by atoms with Gasteiger partial charge in [-0.25, -0.2) is 9.98 Å². The Kier molecular flexibility index (Phi) is 5.82. The number of amides is 1. The molecule has 2 N–H and O–H groups in total. The third kappa shape index (κ3) is 4.81. The largest absolute Gasteiger partial charge is 0.444 e. The molecule has 0 aromatic carbocycles. The molecule has 1 amide bonds. The average Bonchev–Trinajstić information content (AvgIpc) is 3.14. The van der Waals surface area contributed by atoms with Crippen LogP contribution in [0.15, 0.2) is 38.1 Å². The first-order chi connectivity index (χ1) is 11.8. The van der Waals surface area contributed by atoms with E-state index in [2.05, 4.69) is 34.3 Å². The quantitative estimate of drug-likeness (QED) is 0.430. The van der Waals surface area contributed by atoms with Crippen LogP contribution in [0.4, 0.5) is 0 Å². The Labute approximate surface area is 149 Å². The molecule has 1 saturated carbocycles. The number of oxazole rings is 1. The molecule has 2 rings (SSSR count). The number of hydrogen-bond donors (Lipinski definition) is 2. The first-order valence-corrected chi connectivity index (χ1v) is 8.65. The van der Waals surface area contributed by atoms with E-state index >= 15 is 0 Å². The molecule has 1 aromatic rings. The zero-order valence-electron chi connectivity index (χ0n) is 15.8. The number of allylic oxidation sites excluding steroid dienone is 1. The van der Waals surface area contributed by atoms with E-state index in [0.717, 1.165) is 24.0 Å². The summed E-state index contributed by atoms with van der Waals surface area (Å²) >= 11 is 0. The Morgan fingerprint density at radius 3 is 2.56 bits per heavy atom. The number of hydrogen-bond acceptors (Lipinski definition) is 5. The molecule has 1 aliphatic carbocycles. The number of carbonyl (C=O) groups is 1. The molecule has 6 heteroatoms. The van der Waals surface area contributed by atoms with E-state index in [-0.39, 0.29) is 11.4 Å². The van der Waals surface area contributed by atoms with Crippen molar-refractivity contribution < 1.29 is 9.21 Å². The maximum atomic E-state index is 12.8. The van der Waals surface area contributed by atoms with E-state index < -0.39 is 0 Å². The number of aryl methyl sites for hydroxylation is 1. The van der Waals surface area contributed by atoms with Crippen LogP contribution in [-0.2, 0) is 11.3 Å². The summed E-state index contributed by atoms with van der Waals surface area (Å²) in [5, 5.41) is 6.35. The predicted molar refractivity (Wildman–Crippen MR) is 99.1 cm³/mol. The van der Waals surface area contributed by atoms with Crippen molar-refractivity contribution in [3.8, 4) is 0 Å². The fourth-order valence-electron chi connectivity index (χ4n) is 2.68. The Balaban J connectivity index is 2.23. The predicted octanol–water partition coefficient (Wildman–Crippen LogP) is 3.40. The molecule has 1 fully saturated rings. The third-order valence-electron chi connectivity index (χ3n) is 4.34. The fourth-order valence-corrected chi connectivity index (χ4v) is 2.68. The van der Waals surface area contributed by atoms with Gasteiger partial charge in [0, 0.05) is 23.6 Å². The van der Waals surface area contributed by atoms with E-state index in [4.69, 9.17) is 4.42 Å². The van der Waals surface area contributed by atoms with Gasteiger partial charge in [0.15, 0.2) is 5.89 Å². The van der Waals surface area contributed by atoms with Crippen LogP contribution in [0.3, 0.4) is 0 Å². The molecule has 1 aromatic heterocycles. The van der Waals surface area contributed by atoms with Crippen molar-refractivity contribution in [3.63, 3.8) is 0 Å². The molecule has 0 radical (unpaired) electrons. The second-order valence-electron chi connectivity index (χ2n) is 6.93. The normalized spacial score (nSPS) is 15.9. The van der Waals surface area contributed by atoms with E-state index in [0.29, 0.717) is 36.0 Å². The SMILES string of the molecule is C=N/C(NC1(C)CC1)=C(\CC)C(C(=O)NCc1cnc(C)o1)=C(C)C. The van der Waals surface area contributed by atoms with Gasteiger partial charge < -0.3 is 15.1 Å². The Morgan fingerprint density at radius 1 is 1.44 bits per heavy atom. The minimum Gasteiger partial charge on any atom is -0.444 e. The van der Waals surface area contributed by atoms with E-state index in [1.165, 1.54) is 0 Å². The van der Waals surface area contributed by atoms with Gasteiger partial charge in [-0.15, -0.1) is 0 Å². The number of nitrogens with one attached hydrogen (secondary N) is 2. The molecule has 6 nitrogen and oxygen atoms in total. The van der Waals surface area contributed by atoms with Crippen LogP contribution in [0.2, 0.25) is 0 Å². The first kappa shape index (κ1) is 19.0. The highest BCUT2D eigenvalue weighted by Crippen LogP contribution is 2.36. The maximum absolute atomic E-state index is 12.8. The third-order valence-corrected chi connectivity index (χ3v) is 4.34. The van der Waals surface area contributed by atoms with E-state index in [1.54, 1.807) is 13.1 Å². The van der Waals surface area contributed by atoms with E-state index in [1.807, 2.05) is 20.8 Å². The molecular weight excluding hydrogens is 316 g/mol. The smallest absolute Gasteiger partial charge is 0.252 e. The number of rotatable bonds is 8. The molecule has 0 spiro atoms. The summed E-state index contributed by atoms with van der Waals surface area (Å²) in [5.41, 5.74) is 2.54. The summed E-state index contributed by atoms with van der Waals surface area (Å²) in [6, 6.07) is 0. The van der Waals surface area contributed by atoms with Gasteiger partial charge in [-0.1, -0.05) is 12.5 Å². The lowest BCUT2D eigenvalue weighted by molar-refractivity contribution is -0.117.